The third-order valence-corrected chi connectivity index (χ3v) is 6.46. The molecule has 7 nitrogen and oxygen atoms in total. The van der Waals surface area contributed by atoms with E-state index in [4.69, 9.17) is 23.2 Å². The Balaban J connectivity index is 1.50. The molecule has 0 aliphatic heterocycles. The maximum atomic E-state index is 13.3. The van der Waals surface area contributed by atoms with Gasteiger partial charge in [0.15, 0.2) is 0 Å². The SMILES string of the molecule is O=c1c2cnn(Cc3ccccc3Cl)c2ccn1-c1cc(N[C@H](CO)C2CC2)ncc1Cl. The third kappa shape index (κ3) is 3.99. The lowest BCUT2D eigenvalue weighted by molar-refractivity contribution is 0.263. The predicted molar refractivity (Wildman–Crippen MR) is 126 cm³/mol. The van der Waals surface area contributed by atoms with Crippen molar-refractivity contribution in [2.45, 2.75) is 25.4 Å². The second-order valence-electron chi connectivity index (χ2n) is 7.98. The molecule has 1 aliphatic rings. The molecule has 4 aromatic rings. The lowest BCUT2D eigenvalue weighted by atomic mass is 10.2. The minimum Gasteiger partial charge on any atom is -0.394 e. The Bertz CT molecular complexity index is 1350. The second-order valence-corrected chi connectivity index (χ2v) is 8.79. The van der Waals surface area contributed by atoms with Crippen LogP contribution in [0.3, 0.4) is 0 Å². The zero-order valence-electron chi connectivity index (χ0n) is 17.1. The Morgan fingerprint density at radius 1 is 1.16 bits per heavy atom. The molecule has 32 heavy (non-hydrogen) atoms. The van der Waals surface area contributed by atoms with Gasteiger partial charge in [0.25, 0.3) is 5.56 Å². The number of nitrogens with zero attached hydrogens (tertiary/aromatic N) is 4. The summed E-state index contributed by atoms with van der Waals surface area (Å²) >= 11 is 12.7. The first kappa shape index (κ1) is 21.0. The van der Waals surface area contributed by atoms with Crippen molar-refractivity contribution in [2.24, 2.45) is 5.92 Å². The summed E-state index contributed by atoms with van der Waals surface area (Å²) in [5.41, 5.74) is 1.92. The monoisotopic (exact) mass is 469 g/mol. The number of aliphatic hydroxyl groups is 1. The molecule has 5 rings (SSSR count). The number of rotatable bonds is 7. The van der Waals surface area contributed by atoms with Crippen LogP contribution in [0.1, 0.15) is 18.4 Å². The molecule has 0 radical (unpaired) electrons. The van der Waals surface area contributed by atoms with Crippen LogP contribution in [0, 0.1) is 5.92 Å². The third-order valence-electron chi connectivity index (χ3n) is 5.80. The fraction of sp³-hybridized carbons (Fsp3) is 0.261. The molecular formula is C23H21Cl2N5O2. The Kier molecular flexibility index (Phi) is 5.63. The van der Waals surface area contributed by atoms with Gasteiger partial charge in [-0.15, -0.1) is 0 Å². The first-order chi connectivity index (χ1) is 15.5. The van der Waals surface area contributed by atoms with Crippen LogP contribution in [0.25, 0.3) is 16.6 Å². The fourth-order valence-corrected chi connectivity index (χ4v) is 4.26. The summed E-state index contributed by atoms with van der Waals surface area (Å²) in [6, 6.07) is 11.1. The van der Waals surface area contributed by atoms with Crippen molar-refractivity contribution >= 4 is 39.9 Å². The van der Waals surface area contributed by atoms with Crippen LogP contribution in [-0.4, -0.2) is 37.1 Å². The van der Waals surface area contributed by atoms with Gasteiger partial charge >= 0.3 is 0 Å². The van der Waals surface area contributed by atoms with E-state index >= 15 is 0 Å². The minimum atomic E-state index is -0.229. The van der Waals surface area contributed by atoms with E-state index in [0.717, 1.165) is 18.4 Å². The van der Waals surface area contributed by atoms with Gasteiger partial charge in [-0.05, 0) is 36.5 Å². The first-order valence-corrected chi connectivity index (χ1v) is 11.1. The number of anilines is 1. The topological polar surface area (TPSA) is 85.0 Å². The molecule has 0 unspecified atom stereocenters. The van der Waals surface area contributed by atoms with Crippen LogP contribution in [-0.2, 0) is 6.54 Å². The van der Waals surface area contributed by atoms with Gasteiger partial charge in [-0.25, -0.2) is 4.98 Å². The van der Waals surface area contributed by atoms with Gasteiger partial charge in [0.05, 0.1) is 53.2 Å². The number of pyridine rings is 2. The number of aromatic nitrogens is 4. The highest BCUT2D eigenvalue weighted by Gasteiger charge is 2.31. The molecule has 0 bridgehead atoms. The highest BCUT2D eigenvalue weighted by Crippen LogP contribution is 2.34. The van der Waals surface area contributed by atoms with Gasteiger partial charge in [0.1, 0.15) is 5.82 Å². The van der Waals surface area contributed by atoms with Crippen molar-refractivity contribution in [3.63, 3.8) is 0 Å². The quantitative estimate of drug-likeness (QED) is 0.425. The van der Waals surface area contributed by atoms with Gasteiger partial charge in [-0.3, -0.25) is 14.0 Å². The van der Waals surface area contributed by atoms with E-state index in [1.54, 1.807) is 23.1 Å². The van der Waals surface area contributed by atoms with E-state index in [1.165, 1.54) is 10.8 Å². The maximum absolute atomic E-state index is 13.3. The molecule has 2 N–H and O–H groups in total. The average Bonchev–Trinajstić information content (AvgIpc) is 3.56. The normalized spacial score (nSPS) is 14.6. The molecule has 1 aromatic carbocycles. The van der Waals surface area contributed by atoms with E-state index in [1.807, 2.05) is 30.3 Å². The van der Waals surface area contributed by atoms with Crippen LogP contribution < -0.4 is 10.9 Å². The van der Waals surface area contributed by atoms with Crippen molar-refractivity contribution < 1.29 is 5.11 Å². The summed E-state index contributed by atoms with van der Waals surface area (Å²) in [6.45, 7) is 0.487. The number of hydrogen-bond acceptors (Lipinski definition) is 5. The molecule has 1 aliphatic carbocycles. The summed E-state index contributed by atoms with van der Waals surface area (Å²) in [5, 5.41) is 18.8. The standard InChI is InChI=1S/C23H21Cl2N5O2/c24-17-4-2-1-3-15(17)12-30-20-7-8-29(23(32)16(20)10-27-30)21-9-22(26-11-18(21)25)28-19(13-31)14-5-6-14/h1-4,7-11,14,19,31H,5-6,12-13H2,(H,26,28)/t19-/m1/s1. The summed E-state index contributed by atoms with van der Waals surface area (Å²) in [7, 11) is 0. The van der Waals surface area contributed by atoms with Crippen LogP contribution in [0.5, 0.6) is 0 Å². The molecule has 0 saturated heterocycles. The maximum Gasteiger partial charge on any atom is 0.266 e. The molecule has 1 fully saturated rings. The van der Waals surface area contributed by atoms with Gasteiger partial charge in [-0.1, -0.05) is 41.4 Å². The predicted octanol–water partition coefficient (Wildman–Crippen LogP) is 4.12. The molecule has 164 valence electrons. The summed E-state index contributed by atoms with van der Waals surface area (Å²) in [4.78, 5) is 17.6. The molecule has 0 amide bonds. The van der Waals surface area contributed by atoms with Gasteiger partial charge < -0.3 is 10.4 Å². The highest BCUT2D eigenvalue weighted by atomic mass is 35.5. The van der Waals surface area contributed by atoms with Crippen molar-refractivity contribution in [3.05, 3.63) is 81.0 Å². The molecule has 0 spiro atoms. The lowest BCUT2D eigenvalue weighted by Gasteiger charge is -2.17. The Morgan fingerprint density at radius 2 is 1.97 bits per heavy atom. The zero-order valence-corrected chi connectivity index (χ0v) is 18.6. The van der Waals surface area contributed by atoms with E-state index in [-0.39, 0.29) is 18.2 Å². The van der Waals surface area contributed by atoms with E-state index < -0.39 is 0 Å². The fourth-order valence-electron chi connectivity index (χ4n) is 3.87. The molecular weight excluding hydrogens is 449 g/mol. The number of nitrogens with one attached hydrogen (secondary N) is 1. The largest absolute Gasteiger partial charge is 0.394 e. The zero-order chi connectivity index (χ0) is 22.2. The second kappa shape index (κ2) is 8.58. The van der Waals surface area contributed by atoms with E-state index in [0.29, 0.717) is 44.9 Å². The first-order valence-electron chi connectivity index (χ1n) is 10.4. The lowest BCUT2D eigenvalue weighted by Crippen LogP contribution is -2.26. The summed E-state index contributed by atoms with van der Waals surface area (Å²) in [6.07, 6.45) is 6.94. The van der Waals surface area contributed by atoms with Gasteiger partial charge in [-0.2, -0.15) is 5.10 Å². The van der Waals surface area contributed by atoms with E-state index in [2.05, 4.69) is 15.4 Å². The minimum absolute atomic E-state index is 0.0286. The number of fused-ring (bicyclic) bond motifs is 1. The molecule has 9 heteroatoms. The van der Waals surface area contributed by atoms with Crippen LogP contribution in [0.15, 0.2) is 59.8 Å². The molecule has 1 saturated carbocycles. The summed E-state index contributed by atoms with van der Waals surface area (Å²) in [5.74, 6) is 1.01. The van der Waals surface area contributed by atoms with Crippen LogP contribution >= 0.6 is 23.2 Å². The number of halogens is 2. The Morgan fingerprint density at radius 3 is 2.72 bits per heavy atom. The van der Waals surface area contributed by atoms with Crippen molar-refractivity contribution in [2.75, 3.05) is 11.9 Å². The molecule has 1 atom stereocenters. The van der Waals surface area contributed by atoms with Gasteiger partial charge in [0, 0.05) is 17.3 Å². The smallest absolute Gasteiger partial charge is 0.266 e. The van der Waals surface area contributed by atoms with Crippen LogP contribution in [0.2, 0.25) is 10.0 Å². The van der Waals surface area contributed by atoms with E-state index in [9.17, 15) is 9.90 Å². The number of aliphatic hydroxyl groups excluding tert-OH is 1. The number of hydrogen-bond donors (Lipinski definition) is 2. The average molecular weight is 470 g/mol. The van der Waals surface area contributed by atoms with Crippen molar-refractivity contribution in [1.82, 2.24) is 19.3 Å². The highest BCUT2D eigenvalue weighted by molar-refractivity contribution is 6.32. The van der Waals surface area contributed by atoms with Crippen LogP contribution in [0.4, 0.5) is 5.82 Å². The van der Waals surface area contributed by atoms with Crippen molar-refractivity contribution in [3.8, 4) is 5.69 Å². The Labute approximate surface area is 194 Å². The Hall–Kier alpha value is -2.87. The van der Waals surface area contributed by atoms with Crippen molar-refractivity contribution in [1.29, 1.82) is 0 Å². The molecule has 3 heterocycles. The number of benzene rings is 1. The van der Waals surface area contributed by atoms with Gasteiger partial charge in [0.2, 0.25) is 0 Å². The molecule has 3 aromatic heterocycles. The summed E-state index contributed by atoms with van der Waals surface area (Å²) < 4.78 is 3.25.